The van der Waals surface area contributed by atoms with E-state index in [4.69, 9.17) is 0 Å². The van der Waals surface area contributed by atoms with Crippen LogP contribution in [0.25, 0.3) is 0 Å². The van der Waals surface area contributed by atoms with Crippen LogP contribution in [0.5, 0.6) is 5.75 Å². The molecule has 3 rings (SSSR count). The average Bonchev–Trinajstić information content (AvgIpc) is 3.24. The number of benzene rings is 2. The lowest BCUT2D eigenvalue weighted by Gasteiger charge is -2.15. The molecule has 1 saturated heterocycles. The molecule has 9 heteroatoms. The third-order valence-corrected chi connectivity index (χ3v) is 4.60. The maximum atomic E-state index is 12.3. The van der Waals surface area contributed by atoms with E-state index in [-0.39, 0.29) is 30.7 Å². The van der Waals surface area contributed by atoms with Crippen LogP contribution in [0.2, 0.25) is 0 Å². The number of ether oxygens (including phenoxy) is 1. The molecule has 2 aromatic carbocycles. The summed E-state index contributed by atoms with van der Waals surface area (Å²) < 4.78 is 40.7. The molecule has 30 heavy (non-hydrogen) atoms. The van der Waals surface area contributed by atoms with Crippen molar-refractivity contribution in [2.75, 3.05) is 25.0 Å². The minimum absolute atomic E-state index is 0.0176. The van der Waals surface area contributed by atoms with Crippen molar-refractivity contribution in [3.63, 3.8) is 0 Å². The summed E-state index contributed by atoms with van der Waals surface area (Å²) in [6, 6.07) is 12.3. The van der Waals surface area contributed by atoms with E-state index in [9.17, 15) is 22.8 Å². The summed E-state index contributed by atoms with van der Waals surface area (Å²) in [5, 5.41) is 5.47. The fraction of sp³-hybridized carbons (Fsp3) is 0.333. The van der Waals surface area contributed by atoms with Gasteiger partial charge < -0.3 is 20.3 Å². The highest BCUT2D eigenvalue weighted by molar-refractivity contribution is 5.94. The average molecular weight is 421 g/mol. The SMILES string of the molecule is O=C(CNc1cccc(OC(F)(F)F)c1)NCc1ccc(C(=O)N2CCCC2)cc1. The summed E-state index contributed by atoms with van der Waals surface area (Å²) in [4.78, 5) is 26.2. The number of halogens is 3. The Labute approximate surface area is 172 Å². The molecule has 2 N–H and O–H groups in total. The van der Waals surface area contributed by atoms with E-state index in [1.165, 1.54) is 18.2 Å². The van der Waals surface area contributed by atoms with Gasteiger partial charge in [-0.05, 0) is 42.7 Å². The molecule has 1 aliphatic rings. The summed E-state index contributed by atoms with van der Waals surface area (Å²) in [6.07, 6.45) is -2.71. The van der Waals surface area contributed by atoms with Gasteiger partial charge in [0.25, 0.3) is 5.91 Å². The van der Waals surface area contributed by atoms with Gasteiger partial charge in [0.1, 0.15) is 5.75 Å². The van der Waals surface area contributed by atoms with Crippen LogP contribution in [0.4, 0.5) is 18.9 Å². The summed E-state index contributed by atoms with van der Waals surface area (Å²) in [7, 11) is 0. The quantitative estimate of drug-likeness (QED) is 0.718. The van der Waals surface area contributed by atoms with Crippen LogP contribution >= 0.6 is 0 Å². The molecule has 2 aromatic rings. The number of nitrogens with zero attached hydrogens (tertiary/aromatic N) is 1. The lowest BCUT2D eigenvalue weighted by Crippen LogP contribution is -2.29. The molecule has 0 spiro atoms. The normalized spacial score (nSPS) is 13.8. The van der Waals surface area contributed by atoms with Crippen molar-refractivity contribution in [2.24, 2.45) is 0 Å². The summed E-state index contributed by atoms with van der Waals surface area (Å²) in [6.45, 7) is 1.74. The first kappa shape index (κ1) is 21.5. The largest absolute Gasteiger partial charge is 0.573 e. The molecule has 0 saturated carbocycles. The monoisotopic (exact) mass is 421 g/mol. The van der Waals surface area contributed by atoms with Crippen molar-refractivity contribution in [3.05, 3.63) is 59.7 Å². The van der Waals surface area contributed by atoms with Crippen molar-refractivity contribution in [1.82, 2.24) is 10.2 Å². The van der Waals surface area contributed by atoms with E-state index < -0.39 is 6.36 Å². The molecule has 1 aliphatic heterocycles. The molecule has 160 valence electrons. The fourth-order valence-corrected chi connectivity index (χ4v) is 3.12. The first-order valence-corrected chi connectivity index (χ1v) is 9.55. The molecule has 6 nitrogen and oxygen atoms in total. The highest BCUT2D eigenvalue weighted by Crippen LogP contribution is 2.24. The van der Waals surface area contributed by atoms with Gasteiger partial charge >= 0.3 is 6.36 Å². The Kier molecular flexibility index (Phi) is 6.81. The number of likely N-dealkylation sites (tertiary alicyclic amines) is 1. The Morgan fingerprint density at radius 3 is 2.40 bits per heavy atom. The van der Waals surface area contributed by atoms with Gasteiger partial charge in [0.05, 0.1) is 6.54 Å². The Hall–Kier alpha value is -3.23. The predicted molar refractivity (Wildman–Crippen MR) is 105 cm³/mol. The van der Waals surface area contributed by atoms with Crippen molar-refractivity contribution in [3.8, 4) is 5.75 Å². The number of anilines is 1. The lowest BCUT2D eigenvalue weighted by atomic mass is 10.1. The van der Waals surface area contributed by atoms with Crippen molar-refractivity contribution < 1.29 is 27.5 Å². The third-order valence-electron chi connectivity index (χ3n) is 4.60. The molecule has 0 radical (unpaired) electrons. The van der Waals surface area contributed by atoms with Crippen LogP contribution in [-0.4, -0.2) is 42.7 Å². The Balaban J connectivity index is 1.44. The van der Waals surface area contributed by atoms with Crippen molar-refractivity contribution in [2.45, 2.75) is 25.7 Å². The van der Waals surface area contributed by atoms with Gasteiger partial charge in [0.15, 0.2) is 0 Å². The Bertz CT molecular complexity index is 879. The first-order chi connectivity index (χ1) is 14.3. The van der Waals surface area contributed by atoms with E-state index in [0.717, 1.165) is 37.6 Å². The van der Waals surface area contributed by atoms with Crippen molar-refractivity contribution in [1.29, 1.82) is 0 Å². The van der Waals surface area contributed by atoms with Gasteiger partial charge in [0.2, 0.25) is 5.91 Å². The summed E-state index contributed by atoms with van der Waals surface area (Å²) in [5.74, 6) is -0.671. The molecular formula is C21H22F3N3O3. The van der Waals surface area contributed by atoms with Gasteiger partial charge in [-0.15, -0.1) is 13.2 Å². The highest BCUT2D eigenvalue weighted by Gasteiger charge is 2.31. The predicted octanol–water partition coefficient (Wildman–Crippen LogP) is 3.55. The third kappa shape index (κ3) is 6.40. The van der Waals surface area contributed by atoms with Crippen LogP contribution in [-0.2, 0) is 11.3 Å². The van der Waals surface area contributed by atoms with E-state index in [1.807, 2.05) is 4.90 Å². The minimum atomic E-state index is -4.77. The molecule has 1 heterocycles. The summed E-state index contributed by atoms with van der Waals surface area (Å²) in [5.41, 5.74) is 1.79. The summed E-state index contributed by atoms with van der Waals surface area (Å²) >= 11 is 0. The van der Waals surface area contributed by atoms with Gasteiger partial charge in [0, 0.05) is 37.0 Å². The Morgan fingerprint density at radius 1 is 1.03 bits per heavy atom. The molecule has 1 fully saturated rings. The standard InChI is InChI=1S/C21H22F3N3O3/c22-21(23,24)30-18-5-3-4-17(12-18)25-14-19(28)26-13-15-6-8-16(9-7-15)20(29)27-10-1-2-11-27/h3-9,12,25H,1-2,10-11,13-14H2,(H,26,28). The molecule has 2 amide bonds. The van der Waals surface area contributed by atoms with E-state index in [2.05, 4.69) is 15.4 Å². The van der Waals surface area contributed by atoms with Crippen LogP contribution in [0, 0.1) is 0 Å². The number of hydrogen-bond donors (Lipinski definition) is 2. The zero-order valence-corrected chi connectivity index (χ0v) is 16.2. The van der Waals surface area contributed by atoms with E-state index in [0.29, 0.717) is 11.3 Å². The fourth-order valence-electron chi connectivity index (χ4n) is 3.12. The maximum Gasteiger partial charge on any atom is 0.573 e. The Morgan fingerprint density at radius 2 is 1.73 bits per heavy atom. The molecule has 0 unspecified atom stereocenters. The van der Waals surface area contributed by atoms with Crippen molar-refractivity contribution >= 4 is 17.5 Å². The maximum absolute atomic E-state index is 12.3. The minimum Gasteiger partial charge on any atom is -0.406 e. The van der Waals surface area contributed by atoms with Gasteiger partial charge in [-0.1, -0.05) is 18.2 Å². The second kappa shape index (κ2) is 9.51. The highest BCUT2D eigenvalue weighted by atomic mass is 19.4. The first-order valence-electron chi connectivity index (χ1n) is 9.55. The van der Waals surface area contributed by atoms with Crippen LogP contribution < -0.4 is 15.4 Å². The zero-order valence-electron chi connectivity index (χ0n) is 16.2. The number of rotatable bonds is 7. The topological polar surface area (TPSA) is 70.7 Å². The number of carbonyl (C=O) groups excluding carboxylic acids is 2. The smallest absolute Gasteiger partial charge is 0.406 e. The lowest BCUT2D eigenvalue weighted by molar-refractivity contribution is -0.274. The number of alkyl halides is 3. The van der Waals surface area contributed by atoms with Gasteiger partial charge in [-0.25, -0.2) is 0 Å². The molecule has 0 bridgehead atoms. The van der Waals surface area contributed by atoms with Gasteiger partial charge in [-0.3, -0.25) is 9.59 Å². The van der Waals surface area contributed by atoms with Crippen LogP contribution in [0.15, 0.2) is 48.5 Å². The molecule has 0 aromatic heterocycles. The number of hydrogen-bond acceptors (Lipinski definition) is 4. The molecule has 0 atom stereocenters. The van der Waals surface area contributed by atoms with Crippen LogP contribution in [0.1, 0.15) is 28.8 Å². The number of amides is 2. The second-order valence-corrected chi connectivity index (χ2v) is 6.90. The molecule has 0 aliphatic carbocycles. The van der Waals surface area contributed by atoms with E-state index >= 15 is 0 Å². The zero-order chi connectivity index (χ0) is 21.6. The van der Waals surface area contributed by atoms with Gasteiger partial charge in [-0.2, -0.15) is 0 Å². The number of nitrogens with one attached hydrogen (secondary N) is 2. The molecular weight excluding hydrogens is 399 g/mol. The number of carbonyl (C=O) groups is 2. The van der Waals surface area contributed by atoms with Crippen LogP contribution in [0.3, 0.4) is 0 Å². The van der Waals surface area contributed by atoms with E-state index in [1.54, 1.807) is 24.3 Å². The second-order valence-electron chi connectivity index (χ2n) is 6.90.